The van der Waals surface area contributed by atoms with Gasteiger partial charge in [-0.2, -0.15) is 0 Å². The van der Waals surface area contributed by atoms with Crippen LogP contribution in [-0.4, -0.2) is 17.0 Å². The predicted octanol–water partition coefficient (Wildman–Crippen LogP) is 3.96. The summed E-state index contributed by atoms with van der Waals surface area (Å²) in [6.07, 6.45) is 10.3. The molecule has 4 rings (SSSR count). The summed E-state index contributed by atoms with van der Waals surface area (Å²) >= 11 is 0. The smallest absolute Gasteiger partial charge is 0.161 e. The number of hydrogen-bond donors (Lipinski definition) is 1. The highest BCUT2D eigenvalue weighted by atomic mass is 16.3. The second-order valence-electron chi connectivity index (χ2n) is 9.14. The van der Waals surface area contributed by atoms with Gasteiger partial charge in [-0.3, -0.25) is 4.79 Å². The maximum absolute atomic E-state index is 12.2. The second kappa shape index (κ2) is 4.57. The van der Waals surface area contributed by atoms with Crippen LogP contribution in [-0.2, 0) is 4.79 Å². The molecule has 0 bridgehead atoms. The van der Waals surface area contributed by atoms with E-state index in [1.807, 2.05) is 0 Å². The van der Waals surface area contributed by atoms with E-state index in [9.17, 15) is 9.90 Å². The lowest BCUT2D eigenvalue weighted by molar-refractivity contribution is -0.153. The standard InChI is InChI=1S/C19H30O2/c1-18-8-3-4-14(18)13-6-5-12-10-16(20)17(21)11-19(12,2)15(13)7-9-18/h12-16,20H,3-11H2,1-2H3/t12?,13-,14-,15-,16?,18-,19-/m0/s1. The summed E-state index contributed by atoms with van der Waals surface area (Å²) in [6.45, 7) is 4.92. The van der Waals surface area contributed by atoms with E-state index in [4.69, 9.17) is 0 Å². The van der Waals surface area contributed by atoms with Gasteiger partial charge in [0.05, 0.1) is 0 Å². The molecule has 0 aromatic carbocycles. The molecule has 0 heterocycles. The lowest BCUT2D eigenvalue weighted by Gasteiger charge is -2.60. The summed E-state index contributed by atoms with van der Waals surface area (Å²) in [4.78, 5) is 12.2. The fourth-order valence-corrected chi connectivity index (χ4v) is 7.08. The largest absolute Gasteiger partial charge is 0.385 e. The molecule has 4 aliphatic rings. The van der Waals surface area contributed by atoms with Crippen LogP contribution < -0.4 is 0 Å². The first kappa shape index (κ1) is 14.2. The quantitative estimate of drug-likeness (QED) is 0.733. The van der Waals surface area contributed by atoms with Crippen molar-refractivity contribution in [2.45, 2.75) is 77.7 Å². The summed E-state index contributed by atoms with van der Waals surface area (Å²) < 4.78 is 0. The van der Waals surface area contributed by atoms with Gasteiger partial charge in [-0.15, -0.1) is 0 Å². The van der Waals surface area contributed by atoms with E-state index in [0.717, 1.165) is 24.2 Å². The Morgan fingerprint density at radius 3 is 2.67 bits per heavy atom. The van der Waals surface area contributed by atoms with Gasteiger partial charge in [0, 0.05) is 6.42 Å². The average Bonchev–Trinajstić information content (AvgIpc) is 2.82. The van der Waals surface area contributed by atoms with Crippen molar-refractivity contribution in [3.05, 3.63) is 0 Å². The van der Waals surface area contributed by atoms with E-state index in [1.165, 1.54) is 44.9 Å². The maximum Gasteiger partial charge on any atom is 0.161 e. The highest BCUT2D eigenvalue weighted by Crippen LogP contribution is 2.65. The number of aliphatic hydroxyl groups excluding tert-OH is 1. The zero-order chi connectivity index (χ0) is 14.8. The normalized spacial score (nSPS) is 56.5. The molecule has 0 aromatic heterocycles. The van der Waals surface area contributed by atoms with Crippen LogP contribution >= 0.6 is 0 Å². The van der Waals surface area contributed by atoms with Crippen molar-refractivity contribution in [1.82, 2.24) is 0 Å². The number of aliphatic hydroxyl groups is 1. The van der Waals surface area contributed by atoms with Crippen LogP contribution in [0, 0.1) is 34.5 Å². The van der Waals surface area contributed by atoms with Crippen LogP contribution in [0.1, 0.15) is 71.6 Å². The topological polar surface area (TPSA) is 37.3 Å². The van der Waals surface area contributed by atoms with Gasteiger partial charge in [0.2, 0.25) is 0 Å². The summed E-state index contributed by atoms with van der Waals surface area (Å²) in [7, 11) is 0. The highest BCUT2D eigenvalue weighted by Gasteiger charge is 2.58. The van der Waals surface area contributed by atoms with Crippen LogP contribution in [0.25, 0.3) is 0 Å². The first-order valence-corrected chi connectivity index (χ1v) is 9.15. The molecular formula is C19H30O2. The molecule has 118 valence electrons. The van der Waals surface area contributed by atoms with Crippen LogP contribution in [0.4, 0.5) is 0 Å². The predicted molar refractivity (Wildman–Crippen MR) is 82.7 cm³/mol. The Morgan fingerprint density at radius 1 is 1.05 bits per heavy atom. The SMILES string of the molecule is C[C@@]12CCC[C@H]1[C@@H]1CCC3CC(O)C(=O)C[C@]3(C)[C@H]1CC2. The van der Waals surface area contributed by atoms with Crippen LogP contribution in [0.5, 0.6) is 0 Å². The average molecular weight is 290 g/mol. The van der Waals surface area contributed by atoms with E-state index in [-0.39, 0.29) is 11.2 Å². The monoisotopic (exact) mass is 290 g/mol. The third-order valence-corrected chi connectivity index (χ3v) is 8.28. The summed E-state index contributed by atoms with van der Waals surface area (Å²) in [5, 5.41) is 9.97. The van der Waals surface area contributed by atoms with Gasteiger partial charge < -0.3 is 5.11 Å². The molecule has 4 fully saturated rings. The molecule has 21 heavy (non-hydrogen) atoms. The molecule has 2 heteroatoms. The van der Waals surface area contributed by atoms with Gasteiger partial charge in [-0.05, 0) is 79.4 Å². The number of Topliss-reactive ketones (excluding diaryl/α,β-unsaturated/α-hetero) is 1. The molecule has 7 atom stereocenters. The third kappa shape index (κ3) is 1.90. The Morgan fingerprint density at radius 2 is 1.86 bits per heavy atom. The summed E-state index contributed by atoms with van der Waals surface area (Å²) in [5.74, 6) is 3.21. The first-order chi connectivity index (χ1) is 9.94. The fraction of sp³-hybridized carbons (Fsp3) is 0.947. The van der Waals surface area contributed by atoms with Crippen molar-refractivity contribution in [2.24, 2.45) is 34.5 Å². The zero-order valence-electron chi connectivity index (χ0n) is 13.6. The van der Waals surface area contributed by atoms with Gasteiger partial charge in [-0.25, -0.2) is 0 Å². The Labute approximate surface area is 128 Å². The number of ketones is 1. The molecule has 0 radical (unpaired) electrons. The summed E-state index contributed by atoms with van der Waals surface area (Å²) in [6, 6.07) is 0. The van der Waals surface area contributed by atoms with Gasteiger partial charge in [0.1, 0.15) is 6.10 Å². The van der Waals surface area contributed by atoms with Crippen molar-refractivity contribution < 1.29 is 9.90 Å². The van der Waals surface area contributed by atoms with E-state index in [2.05, 4.69) is 13.8 Å². The number of hydrogen-bond acceptors (Lipinski definition) is 2. The van der Waals surface area contributed by atoms with Crippen molar-refractivity contribution in [3.63, 3.8) is 0 Å². The molecule has 4 saturated carbocycles. The molecule has 0 spiro atoms. The minimum Gasteiger partial charge on any atom is -0.385 e. The van der Waals surface area contributed by atoms with E-state index >= 15 is 0 Å². The van der Waals surface area contributed by atoms with Crippen LogP contribution in [0.2, 0.25) is 0 Å². The number of rotatable bonds is 0. The Hall–Kier alpha value is -0.370. The molecular weight excluding hydrogens is 260 g/mol. The van der Waals surface area contributed by atoms with Crippen molar-refractivity contribution in [2.75, 3.05) is 0 Å². The van der Waals surface area contributed by atoms with Crippen molar-refractivity contribution in [1.29, 1.82) is 0 Å². The molecule has 0 saturated heterocycles. The number of carbonyl (C=O) groups excluding carboxylic acids is 1. The summed E-state index contributed by atoms with van der Waals surface area (Å²) in [5.41, 5.74) is 0.783. The minimum absolute atomic E-state index is 0.120. The van der Waals surface area contributed by atoms with Crippen molar-refractivity contribution in [3.8, 4) is 0 Å². The molecule has 2 nitrogen and oxygen atoms in total. The second-order valence-corrected chi connectivity index (χ2v) is 9.14. The van der Waals surface area contributed by atoms with Gasteiger partial charge in [-0.1, -0.05) is 20.3 Å². The lowest BCUT2D eigenvalue weighted by Crippen LogP contribution is -2.55. The number of carbonyl (C=O) groups is 1. The third-order valence-electron chi connectivity index (χ3n) is 8.28. The number of fused-ring (bicyclic) bond motifs is 5. The van der Waals surface area contributed by atoms with Gasteiger partial charge in [0.25, 0.3) is 0 Å². The lowest BCUT2D eigenvalue weighted by atomic mass is 9.45. The molecule has 0 amide bonds. The van der Waals surface area contributed by atoms with Crippen molar-refractivity contribution >= 4 is 5.78 Å². The Bertz CT molecular complexity index is 458. The minimum atomic E-state index is -0.667. The van der Waals surface area contributed by atoms with Crippen LogP contribution in [0.15, 0.2) is 0 Å². The molecule has 0 aliphatic heterocycles. The molecule has 4 aliphatic carbocycles. The van der Waals surface area contributed by atoms with E-state index in [0.29, 0.717) is 17.8 Å². The van der Waals surface area contributed by atoms with E-state index < -0.39 is 6.10 Å². The zero-order valence-corrected chi connectivity index (χ0v) is 13.6. The Balaban J connectivity index is 1.65. The van der Waals surface area contributed by atoms with Gasteiger partial charge >= 0.3 is 0 Å². The molecule has 1 N–H and O–H groups in total. The Kier molecular flexibility index (Phi) is 3.10. The maximum atomic E-state index is 12.2. The first-order valence-electron chi connectivity index (χ1n) is 9.15. The highest BCUT2D eigenvalue weighted by molar-refractivity contribution is 5.84. The van der Waals surface area contributed by atoms with Gasteiger partial charge in [0.15, 0.2) is 5.78 Å². The van der Waals surface area contributed by atoms with Crippen LogP contribution in [0.3, 0.4) is 0 Å². The van der Waals surface area contributed by atoms with E-state index in [1.54, 1.807) is 0 Å². The molecule has 2 unspecified atom stereocenters. The fourth-order valence-electron chi connectivity index (χ4n) is 7.08. The molecule has 0 aromatic rings.